The molecule has 0 radical (unpaired) electrons. The van der Waals surface area contributed by atoms with Crippen molar-refractivity contribution in [1.29, 1.82) is 0 Å². The molecule has 30 heavy (non-hydrogen) atoms. The zero-order valence-electron chi connectivity index (χ0n) is 17.3. The first-order valence-electron chi connectivity index (χ1n) is 9.75. The summed E-state index contributed by atoms with van der Waals surface area (Å²) in [4.78, 5) is 14.9. The van der Waals surface area contributed by atoms with Gasteiger partial charge in [-0.25, -0.2) is 8.42 Å². The molecule has 7 nitrogen and oxygen atoms in total. The van der Waals surface area contributed by atoms with Crippen molar-refractivity contribution in [3.8, 4) is 5.75 Å². The average Bonchev–Trinajstić information content (AvgIpc) is 2.71. The van der Waals surface area contributed by atoms with Gasteiger partial charge in [0, 0.05) is 37.4 Å². The van der Waals surface area contributed by atoms with Crippen LogP contribution in [-0.4, -0.2) is 63.4 Å². The zero-order chi connectivity index (χ0) is 21.9. The highest BCUT2D eigenvalue weighted by molar-refractivity contribution is 7.89. The molecule has 0 atom stereocenters. The first kappa shape index (κ1) is 22.6. The molecule has 1 amide bonds. The van der Waals surface area contributed by atoms with E-state index in [1.807, 2.05) is 14.0 Å². The van der Waals surface area contributed by atoms with Gasteiger partial charge in [-0.2, -0.15) is 4.31 Å². The molecule has 2 aromatic rings. The Labute approximate surface area is 182 Å². The molecular formula is C21H26ClN3O4S. The van der Waals surface area contributed by atoms with E-state index in [0.29, 0.717) is 60.4 Å². The van der Waals surface area contributed by atoms with E-state index < -0.39 is 10.0 Å². The van der Waals surface area contributed by atoms with Crippen LogP contribution in [0.4, 0.5) is 5.69 Å². The van der Waals surface area contributed by atoms with E-state index in [0.717, 1.165) is 0 Å². The summed E-state index contributed by atoms with van der Waals surface area (Å²) in [6.45, 7) is 6.33. The fourth-order valence-corrected chi connectivity index (χ4v) is 5.15. The molecule has 0 saturated carbocycles. The maximum atomic E-state index is 13.1. The zero-order valence-corrected chi connectivity index (χ0v) is 18.9. The van der Waals surface area contributed by atoms with Crippen molar-refractivity contribution in [2.75, 3.05) is 45.2 Å². The van der Waals surface area contributed by atoms with Crippen molar-refractivity contribution in [3.05, 3.63) is 52.5 Å². The summed E-state index contributed by atoms with van der Waals surface area (Å²) in [6, 6.07) is 9.67. The number of hydrogen-bond donors (Lipinski definition) is 1. The molecule has 162 valence electrons. The van der Waals surface area contributed by atoms with Gasteiger partial charge in [-0.05, 0) is 56.8 Å². The predicted molar refractivity (Wildman–Crippen MR) is 118 cm³/mol. The lowest BCUT2D eigenvalue weighted by Gasteiger charge is -2.32. The van der Waals surface area contributed by atoms with Crippen molar-refractivity contribution in [2.45, 2.75) is 18.7 Å². The quantitative estimate of drug-likeness (QED) is 0.729. The summed E-state index contributed by atoms with van der Waals surface area (Å²) in [7, 11) is -1.67. The van der Waals surface area contributed by atoms with E-state index in [-0.39, 0.29) is 10.8 Å². The fourth-order valence-electron chi connectivity index (χ4n) is 3.24. The number of hydrogen-bond acceptors (Lipinski definition) is 5. The van der Waals surface area contributed by atoms with Crippen LogP contribution in [-0.2, 0) is 10.0 Å². The molecule has 2 aromatic carbocycles. The summed E-state index contributed by atoms with van der Waals surface area (Å²) in [6.07, 6.45) is 0. The smallest absolute Gasteiger partial charge is 0.255 e. The van der Waals surface area contributed by atoms with E-state index >= 15 is 0 Å². The number of ether oxygens (including phenoxy) is 1. The number of anilines is 1. The molecule has 1 saturated heterocycles. The molecule has 0 spiro atoms. The fraction of sp³-hybridized carbons (Fsp3) is 0.381. The van der Waals surface area contributed by atoms with Gasteiger partial charge in [0.05, 0.1) is 16.5 Å². The minimum atomic E-state index is -3.64. The Hall–Kier alpha value is -2.13. The first-order chi connectivity index (χ1) is 14.2. The van der Waals surface area contributed by atoms with Gasteiger partial charge in [0.15, 0.2) is 0 Å². The maximum absolute atomic E-state index is 13.1. The second kappa shape index (κ2) is 9.34. The van der Waals surface area contributed by atoms with Crippen LogP contribution >= 0.6 is 11.6 Å². The maximum Gasteiger partial charge on any atom is 0.255 e. The van der Waals surface area contributed by atoms with Gasteiger partial charge in [0.1, 0.15) is 5.75 Å². The average molecular weight is 452 g/mol. The van der Waals surface area contributed by atoms with Crippen LogP contribution in [0.1, 0.15) is 22.8 Å². The van der Waals surface area contributed by atoms with Crippen molar-refractivity contribution >= 4 is 33.2 Å². The van der Waals surface area contributed by atoms with Gasteiger partial charge in [-0.15, -0.1) is 0 Å². The van der Waals surface area contributed by atoms with Crippen LogP contribution in [0.25, 0.3) is 0 Å². The predicted octanol–water partition coefficient (Wildman–Crippen LogP) is 3.24. The molecule has 1 heterocycles. The molecule has 1 aliphatic rings. The number of nitrogens with zero attached hydrogens (tertiary/aromatic N) is 2. The van der Waals surface area contributed by atoms with Gasteiger partial charge < -0.3 is 15.0 Å². The lowest BCUT2D eigenvalue weighted by atomic mass is 10.2. The number of aryl methyl sites for hydroxylation is 1. The monoisotopic (exact) mass is 451 g/mol. The Morgan fingerprint density at radius 2 is 1.83 bits per heavy atom. The Bertz CT molecular complexity index is 1030. The lowest BCUT2D eigenvalue weighted by Crippen LogP contribution is -2.47. The second-order valence-electron chi connectivity index (χ2n) is 7.22. The summed E-state index contributed by atoms with van der Waals surface area (Å²) in [5.74, 6) is 0.123. The number of carbonyl (C=O) groups excluding carboxylic acids is 1. The Morgan fingerprint density at radius 1 is 1.13 bits per heavy atom. The first-order valence-corrected chi connectivity index (χ1v) is 11.6. The van der Waals surface area contributed by atoms with Crippen LogP contribution in [0.15, 0.2) is 41.3 Å². The SMILES string of the molecule is CCOc1ccc(C(=O)Nc2ccc(C)c(S(=O)(=O)N3CCN(C)CC3)c2)cc1Cl. The standard InChI is InChI=1S/C21H26ClN3O4S/c1-4-29-19-8-6-16(13-18(19)22)21(26)23-17-7-5-15(2)20(14-17)30(27,28)25-11-9-24(3)10-12-25/h5-8,13-14H,4,9-12H2,1-3H3,(H,23,26). The highest BCUT2D eigenvalue weighted by Crippen LogP contribution is 2.27. The van der Waals surface area contributed by atoms with Crippen LogP contribution < -0.4 is 10.1 Å². The van der Waals surface area contributed by atoms with Gasteiger partial charge in [-0.3, -0.25) is 4.79 Å². The topological polar surface area (TPSA) is 78.9 Å². The number of benzene rings is 2. The number of sulfonamides is 1. The van der Waals surface area contributed by atoms with Gasteiger partial charge >= 0.3 is 0 Å². The molecule has 0 aromatic heterocycles. The third-order valence-corrected chi connectivity index (χ3v) is 7.36. The number of amides is 1. The van der Waals surface area contributed by atoms with Crippen molar-refractivity contribution in [1.82, 2.24) is 9.21 Å². The lowest BCUT2D eigenvalue weighted by molar-refractivity contribution is 0.102. The van der Waals surface area contributed by atoms with Crippen LogP contribution in [0.3, 0.4) is 0 Å². The number of halogens is 1. The van der Waals surface area contributed by atoms with Crippen molar-refractivity contribution < 1.29 is 17.9 Å². The van der Waals surface area contributed by atoms with E-state index in [2.05, 4.69) is 10.2 Å². The molecule has 1 fully saturated rings. The largest absolute Gasteiger partial charge is 0.492 e. The highest BCUT2D eigenvalue weighted by atomic mass is 35.5. The third-order valence-electron chi connectivity index (χ3n) is 5.02. The number of carbonyl (C=O) groups is 1. The molecular weight excluding hydrogens is 426 g/mol. The molecule has 3 rings (SSSR count). The Morgan fingerprint density at radius 3 is 2.47 bits per heavy atom. The Balaban J connectivity index is 1.81. The number of piperazine rings is 1. The second-order valence-corrected chi connectivity index (χ2v) is 9.53. The van der Waals surface area contributed by atoms with Gasteiger partial charge in [0.25, 0.3) is 5.91 Å². The van der Waals surface area contributed by atoms with E-state index in [9.17, 15) is 13.2 Å². The summed E-state index contributed by atoms with van der Waals surface area (Å²) in [5.41, 5.74) is 1.40. The van der Waals surface area contributed by atoms with Crippen LogP contribution in [0, 0.1) is 6.92 Å². The van der Waals surface area contributed by atoms with E-state index in [4.69, 9.17) is 16.3 Å². The molecule has 0 unspecified atom stereocenters. The summed E-state index contributed by atoms with van der Waals surface area (Å²) < 4.78 is 33.1. The van der Waals surface area contributed by atoms with E-state index in [1.165, 1.54) is 16.4 Å². The third kappa shape index (κ3) is 4.95. The van der Waals surface area contributed by atoms with Crippen LogP contribution in [0.2, 0.25) is 5.02 Å². The van der Waals surface area contributed by atoms with Crippen LogP contribution in [0.5, 0.6) is 5.75 Å². The molecule has 0 bridgehead atoms. The van der Waals surface area contributed by atoms with E-state index in [1.54, 1.807) is 31.2 Å². The number of likely N-dealkylation sites (N-methyl/N-ethyl adjacent to an activating group) is 1. The molecule has 1 N–H and O–H groups in total. The van der Waals surface area contributed by atoms with Crippen molar-refractivity contribution in [3.63, 3.8) is 0 Å². The van der Waals surface area contributed by atoms with Crippen molar-refractivity contribution in [2.24, 2.45) is 0 Å². The Kier molecular flexibility index (Phi) is 7.02. The summed E-state index contributed by atoms with van der Waals surface area (Å²) >= 11 is 6.16. The normalized spacial score (nSPS) is 15.7. The number of nitrogens with one attached hydrogen (secondary N) is 1. The molecule has 1 aliphatic heterocycles. The minimum absolute atomic E-state index is 0.203. The minimum Gasteiger partial charge on any atom is -0.492 e. The number of rotatable bonds is 6. The van der Waals surface area contributed by atoms with Gasteiger partial charge in [0.2, 0.25) is 10.0 Å². The molecule has 0 aliphatic carbocycles. The highest BCUT2D eigenvalue weighted by Gasteiger charge is 2.29. The van der Waals surface area contributed by atoms with Gasteiger partial charge in [-0.1, -0.05) is 17.7 Å². The molecule has 9 heteroatoms. The summed E-state index contributed by atoms with van der Waals surface area (Å²) in [5, 5.41) is 3.10.